The van der Waals surface area contributed by atoms with E-state index in [1.54, 1.807) is 6.08 Å². The van der Waals surface area contributed by atoms with E-state index < -0.39 is 0 Å². The van der Waals surface area contributed by atoms with E-state index in [2.05, 4.69) is 25.3 Å². The number of allylic oxidation sites excluding steroid dienone is 4. The van der Waals surface area contributed by atoms with Crippen LogP contribution in [0.4, 0.5) is 0 Å². The van der Waals surface area contributed by atoms with E-state index in [4.69, 9.17) is 5.11 Å². The Bertz CT molecular complexity index is 421. The van der Waals surface area contributed by atoms with Gasteiger partial charge in [-0.05, 0) is 28.9 Å². The summed E-state index contributed by atoms with van der Waals surface area (Å²) in [5, 5.41) is 9.06. The minimum absolute atomic E-state index is 0.112. The summed E-state index contributed by atoms with van der Waals surface area (Å²) >= 11 is 1.89. The summed E-state index contributed by atoms with van der Waals surface area (Å²) in [6.07, 6.45) is 6.70. The van der Waals surface area contributed by atoms with Gasteiger partial charge in [0.15, 0.2) is 0 Å². The maximum atomic E-state index is 9.06. The number of aliphatic hydroxyl groups is 1. The van der Waals surface area contributed by atoms with E-state index in [1.807, 2.05) is 36.0 Å². The fraction of sp³-hybridized carbons (Fsp3) is 0.250. The molecule has 0 atom stereocenters. The zero-order chi connectivity index (χ0) is 13.2. The lowest BCUT2D eigenvalue weighted by molar-refractivity contribution is 0.282. The van der Waals surface area contributed by atoms with Gasteiger partial charge in [0.25, 0.3) is 0 Å². The van der Waals surface area contributed by atoms with Gasteiger partial charge < -0.3 is 5.11 Å². The molecule has 1 N–H and O–H groups in total. The average molecular weight is 260 g/mol. The average Bonchev–Trinajstić information content (AvgIpc) is 2.42. The predicted molar refractivity (Wildman–Crippen MR) is 81.6 cm³/mol. The lowest BCUT2D eigenvalue weighted by atomic mass is 10.1. The Balaban J connectivity index is 2.35. The van der Waals surface area contributed by atoms with Gasteiger partial charge in [-0.15, -0.1) is 0 Å². The largest absolute Gasteiger partial charge is 0.392 e. The maximum absolute atomic E-state index is 9.06. The SMILES string of the molecule is C=C/C=C(\C=C)CCSCc1cccc(CO)c1. The molecule has 0 spiro atoms. The second-order valence-electron chi connectivity index (χ2n) is 3.96. The minimum atomic E-state index is 0.112. The van der Waals surface area contributed by atoms with Gasteiger partial charge in [-0.25, -0.2) is 0 Å². The fourth-order valence-electron chi connectivity index (χ4n) is 1.60. The van der Waals surface area contributed by atoms with Gasteiger partial charge in [0.1, 0.15) is 0 Å². The molecule has 0 fully saturated rings. The number of hydrogen-bond donors (Lipinski definition) is 1. The molecular weight excluding hydrogens is 240 g/mol. The third-order valence-electron chi connectivity index (χ3n) is 2.57. The van der Waals surface area contributed by atoms with Crippen LogP contribution in [0.5, 0.6) is 0 Å². The van der Waals surface area contributed by atoms with E-state index in [1.165, 1.54) is 11.1 Å². The molecule has 0 aromatic heterocycles. The lowest BCUT2D eigenvalue weighted by Gasteiger charge is -2.04. The zero-order valence-corrected chi connectivity index (χ0v) is 11.5. The van der Waals surface area contributed by atoms with E-state index in [-0.39, 0.29) is 6.61 Å². The Labute approximate surface area is 114 Å². The summed E-state index contributed by atoms with van der Waals surface area (Å²) in [6.45, 7) is 7.59. The van der Waals surface area contributed by atoms with Crippen LogP contribution in [-0.4, -0.2) is 10.9 Å². The fourth-order valence-corrected chi connectivity index (χ4v) is 2.54. The summed E-state index contributed by atoms with van der Waals surface area (Å²) in [5.41, 5.74) is 3.47. The first kappa shape index (κ1) is 14.8. The van der Waals surface area contributed by atoms with Gasteiger partial charge in [-0.3, -0.25) is 0 Å². The van der Waals surface area contributed by atoms with E-state index in [9.17, 15) is 0 Å². The molecule has 0 aliphatic rings. The Hall–Kier alpha value is -1.25. The van der Waals surface area contributed by atoms with E-state index in [0.29, 0.717) is 0 Å². The highest BCUT2D eigenvalue weighted by Gasteiger charge is 1.97. The van der Waals surface area contributed by atoms with E-state index >= 15 is 0 Å². The van der Waals surface area contributed by atoms with E-state index in [0.717, 1.165) is 23.5 Å². The van der Waals surface area contributed by atoms with Crippen LogP contribution in [0.3, 0.4) is 0 Å². The third-order valence-corrected chi connectivity index (χ3v) is 3.60. The van der Waals surface area contributed by atoms with Crippen LogP contribution >= 0.6 is 11.8 Å². The molecule has 0 amide bonds. The second kappa shape index (κ2) is 8.78. The Morgan fingerprint density at radius 1 is 1.28 bits per heavy atom. The molecule has 2 heteroatoms. The summed E-state index contributed by atoms with van der Waals surface area (Å²) in [5.74, 6) is 2.04. The third kappa shape index (κ3) is 5.39. The number of rotatable bonds is 8. The molecule has 1 rings (SSSR count). The van der Waals surface area contributed by atoms with Gasteiger partial charge in [-0.1, -0.05) is 55.7 Å². The standard InChI is InChI=1S/C16H20OS/c1-3-6-14(4-2)9-10-18-13-16-8-5-7-15(11-16)12-17/h3-8,11,17H,1-2,9-10,12-13H2/b14-6+. The Kier molecular flexibility index (Phi) is 7.23. The Morgan fingerprint density at radius 2 is 2.06 bits per heavy atom. The summed E-state index contributed by atoms with van der Waals surface area (Å²) in [7, 11) is 0. The number of benzene rings is 1. The van der Waals surface area contributed by atoms with Crippen molar-refractivity contribution in [3.05, 3.63) is 72.4 Å². The monoisotopic (exact) mass is 260 g/mol. The summed E-state index contributed by atoms with van der Waals surface area (Å²) < 4.78 is 0. The first-order chi connectivity index (χ1) is 8.80. The summed E-state index contributed by atoms with van der Waals surface area (Å²) in [4.78, 5) is 0. The molecule has 0 aliphatic heterocycles. The molecule has 1 aromatic carbocycles. The molecule has 1 aromatic rings. The lowest BCUT2D eigenvalue weighted by Crippen LogP contribution is -1.88. The van der Waals surface area contributed by atoms with Crippen LogP contribution in [0.25, 0.3) is 0 Å². The van der Waals surface area contributed by atoms with Crippen molar-refractivity contribution in [1.82, 2.24) is 0 Å². The topological polar surface area (TPSA) is 20.2 Å². The highest BCUT2D eigenvalue weighted by molar-refractivity contribution is 7.98. The van der Waals surface area contributed by atoms with Gasteiger partial charge in [0, 0.05) is 5.75 Å². The molecule has 0 heterocycles. The van der Waals surface area contributed by atoms with Crippen molar-refractivity contribution < 1.29 is 5.11 Å². The predicted octanol–water partition coefficient (Wildman–Crippen LogP) is 4.10. The normalized spacial score (nSPS) is 11.3. The highest BCUT2D eigenvalue weighted by atomic mass is 32.2. The van der Waals surface area contributed by atoms with Crippen molar-refractivity contribution in [2.75, 3.05) is 5.75 Å². The molecule has 0 saturated heterocycles. The number of aliphatic hydroxyl groups excluding tert-OH is 1. The van der Waals surface area contributed by atoms with Crippen LogP contribution in [0.15, 0.2) is 61.2 Å². The van der Waals surface area contributed by atoms with Crippen LogP contribution in [-0.2, 0) is 12.4 Å². The van der Waals surface area contributed by atoms with Crippen LogP contribution in [0, 0.1) is 0 Å². The van der Waals surface area contributed by atoms with Crippen LogP contribution in [0.2, 0.25) is 0 Å². The first-order valence-corrected chi connectivity index (χ1v) is 7.16. The smallest absolute Gasteiger partial charge is 0.0681 e. The van der Waals surface area contributed by atoms with Crippen molar-refractivity contribution in [2.24, 2.45) is 0 Å². The molecule has 18 heavy (non-hydrogen) atoms. The quantitative estimate of drug-likeness (QED) is 0.561. The van der Waals surface area contributed by atoms with Crippen molar-refractivity contribution in [3.63, 3.8) is 0 Å². The van der Waals surface area contributed by atoms with Crippen LogP contribution < -0.4 is 0 Å². The molecule has 1 nitrogen and oxygen atoms in total. The summed E-state index contributed by atoms with van der Waals surface area (Å²) in [6, 6.07) is 8.09. The molecule has 96 valence electrons. The Morgan fingerprint density at radius 3 is 2.72 bits per heavy atom. The minimum Gasteiger partial charge on any atom is -0.392 e. The number of hydrogen-bond acceptors (Lipinski definition) is 2. The molecule has 0 radical (unpaired) electrons. The number of thioether (sulfide) groups is 1. The van der Waals surface area contributed by atoms with Gasteiger partial charge in [0.05, 0.1) is 6.61 Å². The first-order valence-electron chi connectivity index (χ1n) is 6.00. The molecule has 0 bridgehead atoms. The van der Waals surface area contributed by atoms with Crippen molar-refractivity contribution in [1.29, 1.82) is 0 Å². The highest BCUT2D eigenvalue weighted by Crippen LogP contribution is 2.17. The van der Waals surface area contributed by atoms with Crippen molar-refractivity contribution >= 4 is 11.8 Å². The zero-order valence-electron chi connectivity index (χ0n) is 10.6. The van der Waals surface area contributed by atoms with Gasteiger partial charge in [-0.2, -0.15) is 11.8 Å². The molecule has 0 aliphatic carbocycles. The molecule has 0 saturated carbocycles. The van der Waals surface area contributed by atoms with Crippen molar-refractivity contribution in [2.45, 2.75) is 18.8 Å². The van der Waals surface area contributed by atoms with Gasteiger partial charge in [0.2, 0.25) is 0 Å². The van der Waals surface area contributed by atoms with Crippen LogP contribution in [0.1, 0.15) is 17.5 Å². The van der Waals surface area contributed by atoms with Crippen molar-refractivity contribution in [3.8, 4) is 0 Å². The molecule has 0 unspecified atom stereocenters. The van der Waals surface area contributed by atoms with Gasteiger partial charge >= 0.3 is 0 Å². The molecular formula is C16H20OS. The maximum Gasteiger partial charge on any atom is 0.0681 e. The second-order valence-corrected chi connectivity index (χ2v) is 5.07.